The van der Waals surface area contributed by atoms with Gasteiger partial charge in [-0.15, -0.1) is 0 Å². The van der Waals surface area contributed by atoms with Crippen LogP contribution in [0.4, 0.5) is 4.79 Å². The number of likely N-dealkylation sites (tertiary alicyclic amines) is 1. The summed E-state index contributed by atoms with van der Waals surface area (Å²) in [7, 11) is 0. The number of nitrogens with zero attached hydrogens (tertiary/aromatic N) is 1. The second kappa shape index (κ2) is 9.15. The fourth-order valence-corrected chi connectivity index (χ4v) is 2.67. The lowest BCUT2D eigenvalue weighted by atomic mass is 10.0. The van der Waals surface area contributed by atoms with Crippen LogP contribution in [0.2, 0.25) is 0 Å². The Labute approximate surface area is 116 Å². The van der Waals surface area contributed by atoms with Crippen molar-refractivity contribution in [2.24, 2.45) is 0 Å². The first-order valence-electron chi connectivity index (χ1n) is 7.56. The molecule has 3 N–H and O–H groups in total. The molecule has 0 aliphatic carbocycles. The van der Waals surface area contributed by atoms with Gasteiger partial charge in [0.2, 0.25) is 0 Å². The van der Waals surface area contributed by atoms with E-state index in [1.165, 1.54) is 25.7 Å². The summed E-state index contributed by atoms with van der Waals surface area (Å²) in [5.41, 5.74) is 0. The first-order valence-corrected chi connectivity index (χ1v) is 7.56. The molecule has 1 aliphatic heterocycles. The van der Waals surface area contributed by atoms with E-state index in [2.05, 4.69) is 22.5 Å². The number of hydrogen-bond acceptors (Lipinski definition) is 3. The highest BCUT2D eigenvalue weighted by atomic mass is 16.3. The van der Waals surface area contributed by atoms with Crippen molar-refractivity contribution < 1.29 is 9.90 Å². The lowest BCUT2D eigenvalue weighted by Crippen LogP contribution is -2.46. The number of carbonyl (C=O) groups excluding carboxylic acids is 1. The molecule has 5 heteroatoms. The molecule has 0 aromatic heterocycles. The summed E-state index contributed by atoms with van der Waals surface area (Å²) in [5, 5.41) is 14.5. The van der Waals surface area contributed by atoms with Crippen molar-refractivity contribution in [3.8, 4) is 0 Å². The van der Waals surface area contributed by atoms with E-state index in [0.717, 1.165) is 13.1 Å². The summed E-state index contributed by atoms with van der Waals surface area (Å²) in [6.45, 7) is 7.01. The Morgan fingerprint density at radius 2 is 2.26 bits per heavy atom. The lowest BCUT2D eigenvalue weighted by molar-refractivity contribution is 0.145. The van der Waals surface area contributed by atoms with Gasteiger partial charge in [-0.1, -0.05) is 13.3 Å². The number of hydrogen-bond donors (Lipinski definition) is 3. The molecule has 19 heavy (non-hydrogen) atoms. The number of rotatable bonds is 7. The van der Waals surface area contributed by atoms with Gasteiger partial charge in [-0.25, -0.2) is 4.79 Å². The molecule has 2 amide bonds. The molecule has 1 heterocycles. The van der Waals surface area contributed by atoms with Crippen molar-refractivity contribution in [3.05, 3.63) is 0 Å². The van der Waals surface area contributed by atoms with Gasteiger partial charge in [-0.2, -0.15) is 0 Å². The number of aliphatic hydroxyl groups excluding tert-OH is 1. The lowest BCUT2D eigenvalue weighted by Gasteiger charge is -2.35. The fourth-order valence-electron chi connectivity index (χ4n) is 2.67. The average Bonchev–Trinajstić information content (AvgIpc) is 2.39. The molecule has 1 rings (SSSR count). The van der Waals surface area contributed by atoms with Crippen molar-refractivity contribution in [1.29, 1.82) is 0 Å². The Hall–Kier alpha value is -0.810. The molecule has 2 atom stereocenters. The zero-order valence-corrected chi connectivity index (χ0v) is 12.3. The maximum atomic E-state index is 11.6. The third-order valence-corrected chi connectivity index (χ3v) is 3.84. The highest BCUT2D eigenvalue weighted by Crippen LogP contribution is 2.18. The van der Waals surface area contributed by atoms with Crippen molar-refractivity contribution in [1.82, 2.24) is 15.5 Å². The van der Waals surface area contributed by atoms with Crippen molar-refractivity contribution in [2.45, 2.75) is 58.0 Å². The molecule has 0 spiro atoms. The summed E-state index contributed by atoms with van der Waals surface area (Å²) in [5.74, 6) is 0. The monoisotopic (exact) mass is 271 g/mol. The van der Waals surface area contributed by atoms with Crippen LogP contribution >= 0.6 is 0 Å². The first-order chi connectivity index (χ1) is 9.17. The number of piperidine rings is 1. The minimum atomic E-state index is -0.133. The third-order valence-electron chi connectivity index (χ3n) is 3.84. The summed E-state index contributed by atoms with van der Waals surface area (Å²) in [4.78, 5) is 14.1. The van der Waals surface area contributed by atoms with E-state index in [0.29, 0.717) is 19.0 Å². The number of urea groups is 1. The normalized spacial score (nSPS) is 21.9. The Bertz CT molecular complexity index is 261. The van der Waals surface area contributed by atoms with E-state index in [9.17, 15) is 4.79 Å². The first kappa shape index (κ1) is 16.2. The average molecular weight is 271 g/mol. The molecular weight excluding hydrogens is 242 g/mol. The SMILES string of the molecule is CCC1CCCCN1CCNC(=O)N[C@H](C)CCO. The largest absolute Gasteiger partial charge is 0.396 e. The standard InChI is InChI=1S/C14H29N3O2/c1-3-13-6-4-5-9-17(13)10-8-15-14(19)16-12(2)7-11-18/h12-13,18H,3-11H2,1-2H3,(H2,15,16,19)/t12-,13?/m1/s1. The molecule has 112 valence electrons. The maximum Gasteiger partial charge on any atom is 0.315 e. The molecule has 1 aliphatic rings. The van der Waals surface area contributed by atoms with E-state index < -0.39 is 0 Å². The summed E-state index contributed by atoms with van der Waals surface area (Å²) < 4.78 is 0. The van der Waals surface area contributed by atoms with Gasteiger partial charge in [0.05, 0.1) is 0 Å². The molecule has 0 aromatic carbocycles. The van der Waals surface area contributed by atoms with Gasteiger partial charge in [0.15, 0.2) is 0 Å². The molecule has 0 bridgehead atoms. The zero-order chi connectivity index (χ0) is 14.1. The van der Waals surface area contributed by atoms with Gasteiger partial charge in [0.25, 0.3) is 0 Å². The van der Waals surface area contributed by atoms with E-state index in [1.807, 2.05) is 6.92 Å². The third kappa shape index (κ3) is 6.25. The van der Waals surface area contributed by atoms with Gasteiger partial charge in [0.1, 0.15) is 0 Å². The molecule has 1 saturated heterocycles. The van der Waals surface area contributed by atoms with Crippen LogP contribution in [0.25, 0.3) is 0 Å². The Kier molecular flexibility index (Phi) is 7.82. The van der Waals surface area contributed by atoms with E-state index in [1.54, 1.807) is 0 Å². The molecule has 5 nitrogen and oxygen atoms in total. The van der Waals surface area contributed by atoms with Crippen LogP contribution in [0.15, 0.2) is 0 Å². The number of aliphatic hydroxyl groups is 1. The molecular formula is C14H29N3O2. The van der Waals surface area contributed by atoms with Crippen LogP contribution in [-0.2, 0) is 0 Å². The Morgan fingerprint density at radius 1 is 1.47 bits per heavy atom. The van der Waals surface area contributed by atoms with Gasteiger partial charge >= 0.3 is 6.03 Å². The molecule has 0 radical (unpaired) electrons. The Balaban J connectivity index is 2.16. The van der Waals surface area contributed by atoms with Crippen LogP contribution < -0.4 is 10.6 Å². The minimum Gasteiger partial charge on any atom is -0.396 e. The van der Waals surface area contributed by atoms with E-state index in [-0.39, 0.29) is 18.7 Å². The highest BCUT2D eigenvalue weighted by molar-refractivity contribution is 5.74. The van der Waals surface area contributed by atoms with Crippen LogP contribution in [0, 0.1) is 0 Å². The Morgan fingerprint density at radius 3 is 2.95 bits per heavy atom. The predicted molar refractivity (Wildman–Crippen MR) is 77.2 cm³/mol. The number of nitrogens with one attached hydrogen (secondary N) is 2. The van der Waals surface area contributed by atoms with Gasteiger partial charge in [-0.3, -0.25) is 4.90 Å². The summed E-state index contributed by atoms with van der Waals surface area (Å²) in [6.07, 6.45) is 5.69. The van der Waals surface area contributed by atoms with Crippen molar-refractivity contribution in [3.63, 3.8) is 0 Å². The molecule has 1 fully saturated rings. The van der Waals surface area contributed by atoms with Crippen LogP contribution in [0.3, 0.4) is 0 Å². The van der Waals surface area contributed by atoms with E-state index in [4.69, 9.17) is 5.11 Å². The van der Waals surface area contributed by atoms with Gasteiger partial charge < -0.3 is 15.7 Å². The van der Waals surface area contributed by atoms with Gasteiger partial charge in [0, 0.05) is 31.8 Å². The smallest absolute Gasteiger partial charge is 0.315 e. The quantitative estimate of drug-likeness (QED) is 0.654. The van der Waals surface area contributed by atoms with Crippen LogP contribution in [0.1, 0.15) is 46.0 Å². The minimum absolute atomic E-state index is 0.0170. The maximum absolute atomic E-state index is 11.6. The molecule has 0 aromatic rings. The summed E-state index contributed by atoms with van der Waals surface area (Å²) in [6, 6.07) is 0.571. The second-order valence-corrected chi connectivity index (χ2v) is 5.41. The number of carbonyl (C=O) groups is 1. The predicted octanol–water partition coefficient (Wildman–Crippen LogP) is 1.32. The topological polar surface area (TPSA) is 64.6 Å². The van der Waals surface area contributed by atoms with Crippen LogP contribution in [-0.4, -0.2) is 54.4 Å². The van der Waals surface area contributed by atoms with Crippen LogP contribution in [0.5, 0.6) is 0 Å². The number of amides is 2. The summed E-state index contributed by atoms with van der Waals surface area (Å²) >= 11 is 0. The highest BCUT2D eigenvalue weighted by Gasteiger charge is 2.20. The van der Waals surface area contributed by atoms with E-state index >= 15 is 0 Å². The zero-order valence-electron chi connectivity index (χ0n) is 12.3. The van der Waals surface area contributed by atoms with Crippen molar-refractivity contribution in [2.75, 3.05) is 26.2 Å². The van der Waals surface area contributed by atoms with Gasteiger partial charge in [-0.05, 0) is 39.2 Å². The molecule has 0 saturated carbocycles. The fraction of sp³-hybridized carbons (Fsp3) is 0.929. The molecule has 1 unspecified atom stereocenters. The second-order valence-electron chi connectivity index (χ2n) is 5.41. The van der Waals surface area contributed by atoms with Crippen molar-refractivity contribution >= 4 is 6.03 Å².